The SMILES string of the molecule is CCOc1ccc(OCC)c(NC(CC)CC(C)CC)c1. The molecular weight excluding hydrogens is 262 g/mol. The summed E-state index contributed by atoms with van der Waals surface area (Å²) in [7, 11) is 0. The van der Waals surface area contributed by atoms with Gasteiger partial charge in [-0.25, -0.2) is 0 Å². The van der Waals surface area contributed by atoms with Crippen LogP contribution >= 0.6 is 0 Å². The topological polar surface area (TPSA) is 30.5 Å². The van der Waals surface area contributed by atoms with Crippen LogP contribution in [0.1, 0.15) is 53.9 Å². The molecule has 0 heterocycles. The van der Waals surface area contributed by atoms with Crippen LogP contribution in [0.4, 0.5) is 5.69 Å². The van der Waals surface area contributed by atoms with Crippen molar-refractivity contribution in [2.75, 3.05) is 18.5 Å². The minimum absolute atomic E-state index is 0.469. The molecule has 0 aliphatic carbocycles. The van der Waals surface area contributed by atoms with Gasteiger partial charge < -0.3 is 14.8 Å². The largest absolute Gasteiger partial charge is 0.494 e. The summed E-state index contributed by atoms with van der Waals surface area (Å²) in [6, 6.07) is 6.48. The number of ether oxygens (including phenoxy) is 2. The highest BCUT2D eigenvalue weighted by Gasteiger charge is 2.13. The van der Waals surface area contributed by atoms with Crippen molar-refractivity contribution in [2.45, 2.75) is 59.9 Å². The van der Waals surface area contributed by atoms with E-state index in [1.807, 2.05) is 32.0 Å². The zero-order chi connectivity index (χ0) is 15.7. The van der Waals surface area contributed by atoms with Gasteiger partial charge in [0, 0.05) is 12.1 Å². The van der Waals surface area contributed by atoms with E-state index >= 15 is 0 Å². The number of rotatable bonds is 10. The van der Waals surface area contributed by atoms with Gasteiger partial charge in [-0.2, -0.15) is 0 Å². The molecule has 3 heteroatoms. The second kappa shape index (κ2) is 9.54. The first kappa shape index (κ1) is 17.7. The second-order valence-corrected chi connectivity index (χ2v) is 5.52. The van der Waals surface area contributed by atoms with Crippen LogP contribution in [0.3, 0.4) is 0 Å². The molecule has 3 nitrogen and oxygen atoms in total. The molecule has 21 heavy (non-hydrogen) atoms. The Morgan fingerprint density at radius 2 is 1.71 bits per heavy atom. The van der Waals surface area contributed by atoms with Crippen molar-refractivity contribution in [1.29, 1.82) is 0 Å². The summed E-state index contributed by atoms with van der Waals surface area (Å²) in [5, 5.41) is 3.64. The van der Waals surface area contributed by atoms with E-state index in [9.17, 15) is 0 Å². The molecule has 0 saturated carbocycles. The quantitative estimate of drug-likeness (QED) is 0.650. The molecule has 1 aromatic carbocycles. The molecule has 0 fully saturated rings. The fourth-order valence-corrected chi connectivity index (χ4v) is 2.36. The molecule has 1 rings (SSSR count). The highest BCUT2D eigenvalue weighted by atomic mass is 16.5. The molecule has 0 radical (unpaired) electrons. The van der Waals surface area contributed by atoms with Crippen LogP contribution in [-0.4, -0.2) is 19.3 Å². The molecule has 0 amide bonds. The van der Waals surface area contributed by atoms with Gasteiger partial charge in [-0.3, -0.25) is 0 Å². The lowest BCUT2D eigenvalue weighted by Gasteiger charge is -2.23. The maximum atomic E-state index is 5.73. The van der Waals surface area contributed by atoms with E-state index in [1.165, 1.54) is 12.8 Å². The predicted molar refractivity (Wildman–Crippen MR) is 90.6 cm³/mol. The van der Waals surface area contributed by atoms with E-state index in [2.05, 4.69) is 26.1 Å². The van der Waals surface area contributed by atoms with Crippen molar-refractivity contribution in [3.63, 3.8) is 0 Å². The summed E-state index contributed by atoms with van der Waals surface area (Å²) in [6.45, 7) is 12.1. The van der Waals surface area contributed by atoms with Crippen molar-refractivity contribution >= 4 is 5.69 Å². The van der Waals surface area contributed by atoms with Crippen LogP contribution in [-0.2, 0) is 0 Å². The van der Waals surface area contributed by atoms with Crippen LogP contribution in [0, 0.1) is 5.92 Å². The summed E-state index contributed by atoms with van der Waals surface area (Å²) in [4.78, 5) is 0. The second-order valence-electron chi connectivity index (χ2n) is 5.52. The minimum atomic E-state index is 0.469. The molecule has 0 saturated heterocycles. The summed E-state index contributed by atoms with van der Waals surface area (Å²) in [5.41, 5.74) is 1.04. The number of hydrogen-bond acceptors (Lipinski definition) is 3. The number of benzene rings is 1. The van der Waals surface area contributed by atoms with E-state index in [0.717, 1.165) is 29.5 Å². The molecule has 0 bridgehead atoms. The van der Waals surface area contributed by atoms with Gasteiger partial charge in [-0.1, -0.05) is 27.2 Å². The lowest BCUT2D eigenvalue weighted by atomic mass is 9.97. The zero-order valence-corrected chi connectivity index (χ0v) is 14.2. The first-order chi connectivity index (χ1) is 10.1. The summed E-state index contributed by atoms with van der Waals surface area (Å²) in [6.07, 6.45) is 3.50. The molecule has 0 aliphatic heterocycles. The third-order valence-corrected chi connectivity index (χ3v) is 3.80. The Labute approximate surface area is 130 Å². The molecule has 120 valence electrons. The van der Waals surface area contributed by atoms with Crippen molar-refractivity contribution < 1.29 is 9.47 Å². The molecule has 0 aromatic heterocycles. The Bertz CT molecular complexity index is 406. The van der Waals surface area contributed by atoms with E-state index in [1.54, 1.807) is 0 Å². The minimum Gasteiger partial charge on any atom is -0.494 e. The lowest BCUT2D eigenvalue weighted by molar-refractivity contribution is 0.331. The summed E-state index contributed by atoms with van der Waals surface area (Å²) in [5.74, 6) is 2.53. The highest BCUT2D eigenvalue weighted by Crippen LogP contribution is 2.31. The first-order valence-corrected chi connectivity index (χ1v) is 8.30. The van der Waals surface area contributed by atoms with Crippen molar-refractivity contribution in [3.8, 4) is 11.5 Å². The Balaban J connectivity index is 2.87. The van der Waals surface area contributed by atoms with Gasteiger partial charge in [0.25, 0.3) is 0 Å². The standard InChI is InChI=1S/C18H31NO2/c1-6-14(5)12-15(7-2)19-17-13-16(20-8-3)10-11-18(17)21-9-4/h10-11,13-15,19H,6-9,12H2,1-5H3. The average Bonchev–Trinajstić information content (AvgIpc) is 2.49. The Hall–Kier alpha value is -1.38. The van der Waals surface area contributed by atoms with Crippen LogP contribution in [0.25, 0.3) is 0 Å². The predicted octanol–water partition coefficient (Wildman–Crippen LogP) is 5.11. The van der Waals surface area contributed by atoms with E-state index in [-0.39, 0.29) is 0 Å². The van der Waals surface area contributed by atoms with Gasteiger partial charge in [0.1, 0.15) is 11.5 Å². The van der Waals surface area contributed by atoms with Gasteiger partial charge >= 0.3 is 0 Å². The average molecular weight is 293 g/mol. The molecule has 1 N–H and O–H groups in total. The van der Waals surface area contributed by atoms with Gasteiger partial charge in [0.2, 0.25) is 0 Å². The normalized spacial score (nSPS) is 13.6. The fourth-order valence-electron chi connectivity index (χ4n) is 2.36. The molecule has 0 spiro atoms. The fraction of sp³-hybridized carbons (Fsp3) is 0.667. The molecule has 2 unspecified atom stereocenters. The smallest absolute Gasteiger partial charge is 0.142 e. The maximum Gasteiger partial charge on any atom is 0.142 e. The summed E-state index contributed by atoms with van der Waals surface area (Å²) >= 11 is 0. The van der Waals surface area contributed by atoms with Crippen LogP contribution in [0.2, 0.25) is 0 Å². The number of hydrogen-bond donors (Lipinski definition) is 1. The van der Waals surface area contributed by atoms with E-state index in [4.69, 9.17) is 9.47 Å². The van der Waals surface area contributed by atoms with Crippen molar-refractivity contribution in [3.05, 3.63) is 18.2 Å². The molecule has 0 aliphatic rings. The Morgan fingerprint density at radius 1 is 1.00 bits per heavy atom. The molecule has 1 aromatic rings. The van der Waals surface area contributed by atoms with Crippen LogP contribution in [0.5, 0.6) is 11.5 Å². The Morgan fingerprint density at radius 3 is 2.29 bits per heavy atom. The monoisotopic (exact) mass is 293 g/mol. The van der Waals surface area contributed by atoms with Crippen LogP contribution in [0.15, 0.2) is 18.2 Å². The number of anilines is 1. The number of nitrogens with one attached hydrogen (secondary N) is 1. The third-order valence-electron chi connectivity index (χ3n) is 3.80. The van der Waals surface area contributed by atoms with Gasteiger partial charge in [0.05, 0.1) is 18.9 Å². The van der Waals surface area contributed by atoms with Crippen molar-refractivity contribution in [1.82, 2.24) is 0 Å². The van der Waals surface area contributed by atoms with Crippen molar-refractivity contribution in [2.24, 2.45) is 5.92 Å². The maximum absolute atomic E-state index is 5.73. The first-order valence-electron chi connectivity index (χ1n) is 8.30. The molecule has 2 atom stereocenters. The lowest BCUT2D eigenvalue weighted by Crippen LogP contribution is -2.21. The third kappa shape index (κ3) is 5.86. The van der Waals surface area contributed by atoms with Gasteiger partial charge in [0.15, 0.2) is 0 Å². The highest BCUT2D eigenvalue weighted by molar-refractivity contribution is 5.60. The van der Waals surface area contributed by atoms with Gasteiger partial charge in [-0.05, 0) is 44.7 Å². The van der Waals surface area contributed by atoms with E-state index < -0.39 is 0 Å². The summed E-state index contributed by atoms with van der Waals surface area (Å²) < 4.78 is 11.3. The van der Waals surface area contributed by atoms with E-state index in [0.29, 0.717) is 19.3 Å². The van der Waals surface area contributed by atoms with Crippen LogP contribution < -0.4 is 14.8 Å². The molecular formula is C18H31NO2. The Kier molecular flexibility index (Phi) is 8.03. The zero-order valence-electron chi connectivity index (χ0n) is 14.2. The van der Waals surface area contributed by atoms with Gasteiger partial charge in [-0.15, -0.1) is 0 Å².